The molecule has 0 amide bonds. The van der Waals surface area contributed by atoms with Crippen LogP contribution in [0.4, 0.5) is 0 Å². The van der Waals surface area contributed by atoms with Gasteiger partial charge in [0.15, 0.2) is 9.84 Å². The van der Waals surface area contributed by atoms with Crippen molar-refractivity contribution in [1.29, 1.82) is 0 Å². The molecular formula is C16H21NO3S2. The zero-order chi connectivity index (χ0) is 15.8. The highest BCUT2D eigenvalue weighted by molar-refractivity contribution is 7.91. The van der Waals surface area contributed by atoms with E-state index in [0.717, 1.165) is 30.6 Å². The van der Waals surface area contributed by atoms with Crippen LogP contribution in [0, 0.1) is 5.41 Å². The lowest BCUT2D eigenvalue weighted by molar-refractivity contribution is 0.246. The van der Waals surface area contributed by atoms with Gasteiger partial charge in [-0.25, -0.2) is 13.4 Å². The summed E-state index contributed by atoms with van der Waals surface area (Å²) in [5, 5.41) is 1.71. The number of hydrogen-bond acceptors (Lipinski definition) is 5. The first kappa shape index (κ1) is 15.7. The molecule has 0 aliphatic heterocycles. The lowest BCUT2D eigenvalue weighted by Gasteiger charge is -2.33. The number of aromatic nitrogens is 1. The van der Waals surface area contributed by atoms with E-state index in [1.165, 1.54) is 17.6 Å². The van der Waals surface area contributed by atoms with Crippen molar-refractivity contribution < 1.29 is 12.8 Å². The van der Waals surface area contributed by atoms with Gasteiger partial charge in [-0.3, -0.25) is 0 Å². The van der Waals surface area contributed by atoms with E-state index in [1.807, 2.05) is 17.5 Å². The molecule has 0 radical (unpaired) electrons. The molecule has 0 bridgehead atoms. The first-order valence-electron chi connectivity index (χ1n) is 7.56. The molecule has 0 unspecified atom stereocenters. The van der Waals surface area contributed by atoms with Crippen molar-refractivity contribution in [3.63, 3.8) is 0 Å². The van der Waals surface area contributed by atoms with Crippen molar-refractivity contribution in [1.82, 2.24) is 4.98 Å². The third-order valence-electron chi connectivity index (χ3n) is 4.43. The van der Waals surface area contributed by atoms with Crippen LogP contribution in [-0.2, 0) is 15.6 Å². The first-order valence-corrected chi connectivity index (χ1v) is 10.2. The van der Waals surface area contributed by atoms with Crippen molar-refractivity contribution in [3.05, 3.63) is 29.5 Å². The normalized spacial score (nSPS) is 19.4. The average molecular weight is 339 g/mol. The van der Waals surface area contributed by atoms with Crippen LogP contribution in [0.25, 0.3) is 10.8 Å². The summed E-state index contributed by atoms with van der Waals surface area (Å²) < 4.78 is 30.6. The van der Waals surface area contributed by atoms with E-state index in [1.54, 1.807) is 0 Å². The maximum absolute atomic E-state index is 12.6. The van der Waals surface area contributed by atoms with Crippen molar-refractivity contribution in [2.24, 2.45) is 5.41 Å². The summed E-state index contributed by atoms with van der Waals surface area (Å²) in [5.74, 6) is 0.484. The molecule has 6 heteroatoms. The van der Waals surface area contributed by atoms with Crippen LogP contribution in [0.2, 0.25) is 0 Å². The Balaban J connectivity index is 1.70. The highest BCUT2D eigenvalue weighted by atomic mass is 32.2. The maximum Gasteiger partial charge on any atom is 0.236 e. The number of oxazole rings is 1. The van der Waals surface area contributed by atoms with Gasteiger partial charge in [0.05, 0.1) is 21.6 Å². The summed E-state index contributed by atoms with van der Waals surface area (Å²) in [7, 11) is -3.16. The maximum atomic E-state index is 12.6. The molecule has 2 heterocycles. The van der Waals surface area contributed by atoms with E-state index in [2.05, 4.69) is 18.8 Å². The topological polar surface area (TPSA) is 60.2 Å². The highest BCUT2D eigenvalue weighted by Gasteiger charge is 2.34. The summed E-state index contributed by atoms with van der Waals surface area (Å²) >= 11 is 1.53. The quantitative estimate of drug-likeness (QED) is 0.834. The zero-order valence-electron chi connectivity index (χ0n) is 12.9. The molecule has 0 N–H and O–H groups in total. The zero-order valence-corrected chi connectivity index (χ0v) is 14.5. The summed E-state index contributed by atoms with van der Waals surface area (Å²) in [6, 6.07) is 3.84. The van der Waals surface area contributed by atoms with Gasteiger partial charge in [0.1, 0.15) is 6.26 Å². The fourth-order valence-electron chi connectivity index (χ4n) is 2.94. The van der Waals surface area contributed by atoms with Crippen molar-refractivity contribution in [2.45, 2.75) is 50.5 Å². The summed E-state index contributed by atoms with van der Waals surface area (Å²) in [4.78, 5) is 5.25. The smallest absolute Gasteiger partial charge is 0.236 e. The Bertz CT molecular complexity index is 719. The van der Waals surface area contributed by atoms with Crippen LogP contribution >= 0.6 is 11.3 Å². The monoisotopic (exact) mass is 339 g/mol. The predicted molar refractivity (Wildman–Crippen MR) is 88.5 cm³/mol. The molecule has 1 aliphatic carbocycles. The molecule has 0 spiro atoms. The predicted octanol–water partition coefficient (Wildman–Crippen LogP) is 4.29. The molecule has 1 fully saturated rings. The molecule has 0 atom stereocenters. The molecule has 0 saturated heterocycles. The number of rotatable bonds is 4. The van der Waals surface area contributed by atoms with Crippen LogP contribution in [0.15, 0.2) is 28.2 Å². The number of nitrogens with zero attached hydrogens (tertiary/aromatic N) is 1. The Morgan fingerprint density at radius 2 is 2.09 bits per heavy atom. The lowest BCUT2D eigenvalue weighted by Crippen LogP contribution is -2.31. The van der Waals surface area contributed by atoms with Gasteiger partial charge in [-0.15, -0.1) is 11.3 Å². The Morgan fingerprint density at radius 1 is 1.36 bits per heavy atom. The molecule has 2 aromatic heterocycles. The lowest BCUT2D eigenvalue weighted by atomic mass is 9.77. The highest BCUT2D eigenvalue weighted by Crippen LogP contribution is 2.38. The van der Waals surface area contributed by atoms with Crippen LogP contribution < -0.4 is 0 Å². The second-order valence-corrected chi connectivity index (χ2v) is 10.0. The molecule has 120 valence electrons. The molecule has 1 aliphatic rings. The van der Waals surface area contributed by atoms with Crippen molar-refractivity contribution >= 4 is 21.2 Å². The van der Waals surface area contributed by atoms with Gasteiger partial charge in [-0.1, -0.05) is 19.9 Å². The Labute approximate surface area is 135 Å². The third kappa shape index (κ3) is 3.43. The summed E-state index contributed by atoms with van der Waals surface area (Å²) in [6.07, 6.45) is 4.92. The van der Waals surface area contributed by atoms with Crippen LogP contribution in [0.3, 0.4) is 0 Å². The molecule has 2 aromatic rings. The SMILES string of the molecule is CC1(C)CCC(S(=O)(=O)Cc2coc(-c3cccs3)n2)CC1. The Morgan fingerprint density at radius 3 is 2.73 bits per heavy atom. The van der Waals surface area contributed by atoms with Gasteiger partial charge in [0.25, 0.3) is 0 Å². The first-order chi connectivity index (χ1) is 10.4. The second-order valence-electron chi connectivity index (χ2n) is 6.79. The molecule has 0 aromatic carbocycles. The van der Waals surface area contributed by atoms with Gasteiger partial charge in [0, 0.05) is 0 Å². The largest absolute Gasteiger partial charge is 0.444 e. The van der Waals surface area contributed by atoms with Gasteiger partial charge >= 0.3 is 0 Å². The summed E-state index contributed by atoms with van der Waals surface area (Å²) in [5.41, 5.74) is 0.778. The van der Waals surface area contributed by atoms with E-state index in [0.29, 0.717) is 11.6 Å². The average Bonchev–Trinajstić information content (AvgIpc) is 3.08. The van der Waals surface area contributed by atoms with Crippen LogP contribution in [-0.4, -0.2) is 18.7 Å². The molecule has 22 heavy (non-hydrogen) atoms. The minimum absolute atomic E-state index is 0.0209. The minimum Gasteiger partial charge on any atom is -0.444 e. The van der Waals surface area contributed by atoms with Crippen molar-refractivity contribution in [3.8, 4) is 10.8 Å². The summed E-state index contributed by atoms with van der Waals surface area (Å²) in [6.45, 7) is 4.42. The van der Waals surface area contributed by atoms with Gasteiger partial charge in [-0.05, 0) is 42.5 Å². The third-order valence-corrected chi connectivity index (χ3v) is 7.47. The van der Waals surface area contributed by atoms with Crippen molar-refractivity contribution in [2.75, 3.05) is 0 Å². The number of thiophene rings is 1. The van der Waals surface area contributed by atoms with Gasteiger partial charge in [0.2, 0.25) is 5.89 Å². The molecular weight excluding hydrogens is 318 g/mol. The number of sulfone groups is 1. The fraction of sp³-hybridized carbons (Fsp3) is 0.562. The molecule has 3 rings (SSSR count). The number of hydrogen-bond donors (Lipinski definition) is 0. The van der Waals surface area contributed by atoms with E-state index in [4.69, 9.17) is 4.42 Å². The Kier molecular flexibility index (Phi) is 4.16. The standard InChI is InChI=1S/C16H21NO3S2/c1-16(2)7-5-13(6-8-16)22(18,19)11-12-10-20-15(17-12)14-4-3-9-21-14/h3-4,9-10,13H,5-8,11H2,1-2H3. The van der Waals surface area contributed by atoms with E-state index in [9.17, 15) is 8.42 Å². The fourth-order valence-corrected chi connectivity index (χ4v) is 5.33. The minimum atomic E-state index is -3.16. The van der Waals surface area contributed by atoms with Gasteiger partial charge in [-0.2, -0.15) is 0 Å². The van der Waals surface area contributed by atoms with E-state index in [-0.39, 0.29) is 16.4 Å². The van der Waals surface area contributed by atoms with Gasteiger partial charge < -0.3 is 4.42 Å². The van der Waals surface area contributed by atoms with E-state index < -0.39 is 9.84 Å². The Hall–Kier alpha value is -1.14. The molecule has 1 saturated carbocycles. The molecule has 4 nitrogen and oxygen atoms in total. The van der Waals surface area contributed by atoms with Crippen LogP contribution in [0.5, 0.6) is 0 Å². The second kappa shape index (κ2) is 5.81. The van der Waals surface area contributed by atoms with Crippen LogP contribution in [0.1, 0.15) is 45.2 Å². The van der Waals surface area contributed by atoms with E-state index >= 15 is 0 Å².